The summed E-state index contributed by atoms with van der Waals surface area (Å²) in [5, 5.41) is 4.91. The lowest BCUT2D eigenvalue weighted by Gasteiger charge is -2.14. The molecular formula is C19H19ClNO2-. The molecule has 1 heterocycles. The molecule has 0 aliphatic carbocycles. The summed E-state index contributed by atoms with van der Waals surface area (Å²) in [6.07, 6.45) is 0.998. The zero-order chi connectivity index (χ0) is 15.1. The van der Waals surface area contributed by atoms with E-state index in [4.69, 9.17) is 9.47 Å². The molecule has 3 nitrogen and oxygen atoms in total. The molecule has 0 atom stereocenters. The smallest absolute Gasteiger partial charge is 0.231 e. The first kappa shape index (κ1) is 15.9. The maximum atomic E-state index is 5.77. The van der Waals surface area contributed by atoms with Gasteiger partial charge in [0.2, 0.25) is 6.79 Å². The maximum Gasteiger partial charge on any atom is 0.231 e. The summed E-state index contributed by atoms with van der Waals surface area (Å²) in [4.78, 5) is 2.21. The second kappa shape index (κ2) is 6.26. The molecule has 4 rings (SSSR count). The van der Waals surface area contributed by atoms with Crippen LogP contribution >= 0.6 is 0 Å². The Morgan fingerprint density at radius 2 is 1.83 bits per heavy atom. The third-order valence-electron chi connectivity index (χ3n) is 4.28. The van der Waals surface area contributed by atoms with Crippen LogP contribution in [0.1, 0.15) is 5.56 Å². The molecule has 4 heteroatoms. The first-order valence-corrected chi connectivity index (χ1v) is 7.62. The lowest BCUT2D eigenvalue weighted by molar-refractivity contribution is -0.00000587. The molecule has 0 bridgehead atoms. The van der Waals surface area contributed by atoms with E-state index in [1.54, 1.807) is 0 Å². The average molecular weight is 329 g/mol. The van der Waals surface area contributed by atoms with Crippen molar-refractivity contribution in [2.24, 2.45) is 0 Å². The van der Waals surface area contributed by atoms with Crippen molar-refractivity contribution in [2.45, 2.75) is 6.42 Å². The molecule has 0 radical (unpaired) electrons. The Balaban J connectivity index is 0.00000156. The van der Waals surface area contributed by atoms with E-state index in [0.29, 0.717) is 6.79 Å². The summed E-state index contributed by atoms with van der Waals surface area (Å²) in [6.45, 7) is 1.33. The van der Waals surface area contributed by atoms with Crippen LogP contribution in [0.3, 0.4) is 0 Å². The monoisotopic (exact) mass is 328 g/mol. The minimum absolute atomic E-state index is 0. The van der Waals surface area contributed by atoms with Gasteiger partial charge in [0.15, 0.2) is 11.5 Å². The van der Waals surface area contributed by atoms with Crippen LogP contribution in [0.25, 0.3) is 21.5 Å². The zero-order valence-corrected chi connectivity index (χ0v) is 14.1. The molecule has 3 aromatic carbocycles. The van der Waals surface area contributed by atoms with E-state index in [2.05, 4.69) is 61.5 Å². The number of benzene rings is 3. The van der Waals surface area contributed by atoms with Crippen molar-refractivity contribution in [1.29, 1.82) is 0 Å². The van der Waals surface area contributed by atoms with Gasteiger partial charge >= 0.3 is 0 Å². The SMILES string of the molecule is CN(C)CCc1cc2c(c3c1ccc1ccccc13)OCO2.[Cl-]. The van der Waals surface area contributed by atoms with E-state index < -0.39 is 0 Å². The van der Waals surface area contributed by atoms with Crippen molar-refractivity contribution in [2.75, 3.05) is 27.4 Å². The summed E-state index contributed by atoms with van der Waals surface area (Å²) in [7, 11) is 4.20. The number of fused-ring (bicyclic) bond motifs is 5. The highest BCUT2D eigenvalue weighted by atomic mass is 35.5. The van der Waals surface area contributed by atoms with Gasteiger partial charge in [-0.05, 0) is 48.3 Å². The normalized spacial score (nSPS) is 12.8. The van der Waals surface area contributed by atoms with Gasteiger partial charge in [-0.15, -0.1) is 0 Å². The Morgan fingerprint density at radius 3 is 2.65 bits per heavy atom. The van der Waals surface area contributed by atoms with Crippen molar-refractivity contribution in [3.8, 4) is 11.5 Å². The number of likely N-dealkylation sites (N-methyl/N-ethyl adjacent to an activating group) is 1. The maximum absolute atomic E-state index is 5.77. The molecule has 0 saturated heterocycles. The highest BCUT2D eigenvalue weighted by Crippen LogP contribution is 2.44. The van der Waals surface area contributed by atoms with Crippen molar-refractivity contribution in [3.05, 3.63) is 48.0 Å². The van der Waals surface area contributed by atoms with Crippen LogP contribution in [0.15, 0.2) is 42.5 Å². The van der Waals surface area contributed by atoms with Crippen LogP contribution in [0.5, 0.6) is 11.5 Å². The number of rotatable bonds is 3. The summed E-state index contributed by atoms with van der Waals surface area (Å²) < 4.78 is 11.4. The fraction of sp³-hybridized carbons (Fsp3) is 0.263. The molecule has 1 aliphatic rings. The van der Waals surface area contributed by atoms with Gasteiger partial charge < -0.3 is 26.8 Å². The molecule has 0 N–H and O–H groups in total. The topological polar surface area (TPSA) is 21.7 Å². The van der Waals surface area contributed by atoms with Crippen LogP contribution in [0.2, 0.25) is 0 Å². The average Bonchev–Trinajstić information content (AvgIpc) is 3.00. The van der Waals surface area contributed by atoms with Crippen LogP contribution in [-0.4, -0.2) is 32.3 Å². The third-order valence-corrected chi connectivity index (χ3v) is 4.28. The Hall–Kier alpha value is -1.97. The summed E-state index contributed by atoms with van der Waals surface area (Å²) in [5.74, 6) is 1.76. The number of ether oxygens (including phenoxy) is 2. The first-order valence-electron chi connectivity index (χ1n) is 7.62. The van der Waals surface area contributed by atoms with Gasteiger partial charge in [-0.2, -0.15) is 0 Å². The molecule has 120 valence electrons. The van der Waals surface area contributed by atoms with Gasteiger partial charge in [0, 0.05) is 11.9 Å². The van der Waals surface area contributed by atoms with E-state index in [-0.39, 0.29) is 12.4 Å². The standard InChI is InChI=1S/C19H19NO2.ClH/c1-20(2)10-9-14-11-17-19(22-12-21-17)18-15-6-4-3-5-13(15)7-8-16(14)18;/h3-8,11H,9-10,12H2,1-2H3;1H/p-1. The molecule has 0 amide bonds. The molecular weight excluding hydrogens is 310 g/mol. The van der Waals surface area contributed by atoms with Crippen LogP contribution in [-0.2, 0) is 6.42 Å². The van der Waals surface area contributed by atoms with Gasteiger partial charge in [0.25, 0.3) is 0 Å². The second-order valence-corrected chi connectivity index (χ2v) is 6.03. The van der Waals surface area contributed by atoms with Gasteiger partial charge in [0.05, 0.1) is 0 Å². The minimum Gasteiger partial charge on any atom is -1.00 e. The molecule has 0 unspecified atom stereocenters. The molecule has 0 aromatic heterocycles. The fourth-order valence-corrected chi connectivity index (χ4v) is 3.16. The number of nitrogens with zero attached hydrogens (tertiary/aromatic N) is 1. The van der Waals surface area contributed by atoms with Crippen molar-refractivity contribution in [3.63, 3.8) is 0 Å². The van der Waals surface area contributed by atoms with Gasteiger partial charge in [-0.25, -0.2) is 0 Å². The van der Waals surface area contributed by atoms with E-state index in [9.17, 15) is 0 Å². The van der Waals surface area contributed by atoms with Crippen molar-refractivity contribution >= 4 is 21.5 Å². The minimum atomic E-state index is 0. The van der Waals surface area contributed by atoms with E-state index in [0.717, 1.165) is 24.5 Å². The molecule has 3 aromatic rings. The van der Waals surface area contributed by atoms with Crippen molar-refractivity contribution in [1.82, 2.24) is 4.90 Å². The third kappa shape index (κ3) is 2.71. The molecule has 0 fully saturated rings. The van der Waals surface area contributed by atoms with E-state index >= 15 is 0 Å². The summed E-state index contributed by atoms with van der Waals surface area (Å²) in [6, 6.07) is 15.0. The second-order valence-electron chi connectivity index (χ2n) is 6.03. The Bertz CT molecular complexity index is 861. The van der Waals surface area contributed by atoms with E-state index in [1.807, 2.05) is 0 Å². The van der Waals surface area contributed by atoms with Crippen LogP contribution in [0, 0.1) is 0 Å². The molecule has 0 spiro atoms. The van der Waals surface area contributed by atoms with Crippen LogP contribution in [0.4, 0.5) is 0 Å². The predicted molar refractivity (Wildman–Crippen MR) is 89.8 cm³/mol. The number of hydrogen-bond donors (Lipinski definition) is 0. The van der Waals surface area contributed by atoms with Gasteiger partial charge in [-0.1, -0.05) is 36.4 Å². The first-order chi connectivity index (χ1) is 10.7. The zero-order valence-electron chi connectivity index (χ0n) is 13.3. The van der Waals surface area contributed by atoms with E-state index in [1.165, 1.54) is 27.1 Å². The Labute approximate surface area is 142 Å². The predicted octanol–water partition coefficient (Wildman–Crippen LogP) is 0.830. The Morgan fingerprint density at radius 1 is 1.00 bits per heavy atom. The fourth-order valence-electron chi connectivity index (χ4n) is 3.16. The highest BCUT2D eigenvalue weighted by molar-refractivity contribution is 6.12. The highest BCUT2D eigenvalue weighted by Gasteiger charge is 2.21. The summed E-state index contributed by atoms with van der Waals surface area (Å²) in [5.41, 5.74) is 1.32. The van der Waals surface area contributed by atoms with Crippen LogP contribution < -0.4 is 21.9 Å². The number of halogens is 1. The Kier molecular flexibility index (Phi) is 4.33. The van der Waals surface area contributed by atoms with Gasteiger partial charge in [0.1, 0.15) is 0 Å². The molecule has 23 heavy (non-hydrogen) atoms. The largest absolute Gasteiger partial charge is 1.00 e. The lowest BCUT2D eigenvalue weighted by atomic mass is 9.95. The number of hydrogen-bond acceptors (Lipinski definition) is 3. The molecule has 1 aliphatic heterocycles. The molecule has 0 saturated carbocycles. The summed E-state index contributed by atoms with van der Waals surface area (Å²) >= 11 is 0. The quantitative estimate of drug-likeness (QED) is 0.665. The lowest BCUT2D eigenvalue weighted by Crippen LogP contribution is -3.00. The van der Waals surface area contributed by atoms with Gasteiger partial charge in [-0.3, -0.25) is 0 Å². The van der Waals surface area contributed by atoms with Crippen molar-refractivity contribution < 1.29 is 21.9 Å².